The number of nitrogens with two attached hydrogens (primary N) is 1. The molecule has 0 spiro atoms. The van der Waals surface area contributed by atoms with E-state index >= 15 is 0 Å². The number of thiophene rings is 1. The lowest BCUT2D eigenvalue weighted by Gasteiger charge is -1.97. The minimum atomic E-state index is -0.755. The summed E-state index contributed by atoms with van der Waals surface area (Å²) in [7, 11) is 0. The molecule has 0 aliphatic heterocycles. The molecular weight excluding hydrogens is 162 g/mol. The van der Waals surface area contributed by atoms with Crippen LogP contribution in [-0.2, 0) is 0 Å². The van der Waals surface area contributed by atoms with Gasteiger partial charge in [0.25, 0.3) is 0 Å². The predicted molar refractivity (Wildman–Crippen MR) is 44.0 cm³/mol. The van der Waals surface area contributed by atoms with Crippen molar-refractivity contribution in [1.29, 1.82) is 0 Å². The average molecular weight is 171 g/mol. The van der Waals surface area contributed by atoms with Gasteiger partial charge >= 0.3 is 6.09 Å². The van der Waals surface area contributed by atoms with Gasteiger partial charge in [-0.05, 0) is 24.8 Å². The summed E-state index contributed by atoms with van der Waals surface area (Å²) in [5.41, 5.74) is 6.95. The number of carbonyl (C=O) groups is 1. The second-order valence-electron chi connectivity index (χ2n) is 2.25. The Balaban J connectivity index is 2.87. The van der Waals surface area contributed by atoms with Gasteiger partial charge in [-0.2, -0.15) is 0 Å². The number of rotatable bonds is 1. The van der Waals surface area contributed by atoms with Gasteiger partial charge < -0.3 is 10.5 Å². The molecular formula is C7H9NO2S. The molecule has 0 atom stereocenters. The molecule has 0 unspecified atom stereocenters. The van der Waals surface area contributed by atoms with Crippen molar-refractivity contribution < 1.29 is 9.53 Å². The zero-order chi connectivity index (χ0) is 8.43. The van der Waals surface area contributed by atoms with Crippen LogP contribution in [0.3, 0.4) is 0 Å². The molecule has 0 saturated carbocycles. The second kappa shape index (κ2) is 2.92. The molecule has 11 heavy (non-hydrogen) atoms. The van der Waals surface area contributed by atoms with Crippen LogP contribution in [0.2, 0.25) is 0 Å². The first-order valence-corrected chi connectivity index (χ1v) is 4.01. The summed E-state index contributed by atoms with van der Waals surface area (Å²) in [4.78, 5) is 10.3. The molecule has 1 heterocycles. The van der Waals surface area contributed by atoms with E-state index in [1.54, 1.807) is 0 Å². The molecule has 1 aromatic rings. The van der Waals surface area contributed by atoms with Crippen LogP contribution in [0.25, 0.3) is 0 Å². The van der Waals surface area contributed by atoms with Crippen molar-refractivity contribution >= 4 is 17.4 Å². The van der Waals surface area contributed by atoms with Crippen LogP contribution in [-0.4, -0.2) is 6.09 Å². The molecule has 4 heteroatoms. The Morgan fingerprint density at radius 1 is 1.64 bits per heavy atom. The fourth-order valence-electron chi connectivity index (χ4n) is 0.672. The van der Waals surface area contributed by atoms with Crippen LogP contribution in [0.5, 0.6) is 5.06 Å². The Hall–Kier alpha value is -1.03. The van der Waals surface area contributed by atoms with Crippen LogP contribution < -0.4 is 10.5 Å². The molecule has 0 fully saturated rings. The van der Waals surface area contributed by atoms with E-state index in [1.165, 1.54) is 11.3 Å². The fraction of sp³-hybridized carbons (Fsp3) is 0.286. The van der Waals surface area contributed by atoms with Crippen LogP contribution in [0.4, 0.5) is 4.79 Å². The van der Waals surface area contributed by atoms with E-state index in [0.29, 0.717) is 5.06 Å². The standard InChI is InChI=1S/C7H9NO2S/c1-4-3-11-6(5(4)2)10-7(8)9/h3H,1-2H3,(H2,8,9). The van der Waals surface area contributed by atoms with Crippen molar-refractivity contribution in [3.05, 3.63) is 16.5 Å². The van der Waals surface area contributed by atoms with Gasteiger partial charge in [0.15, 0.2) is 5.06 Å². The second-order valence-corrected chi connectivity index (χ2v) is 3.09. The Kier molecular flexibility index (Phi) is 2.14. The average Bonchev–Trinajstić information content (AvgIpc) is 2.18. The Morgan fingerprint density at radius 2 is 2.27 bits per heavy atom. The monoisotopic (exact) mass is 171 g/mol. The number of aryl methyl sites for hydroxylation is 1. The Labute approximate surface area is 68.8 Å². The van der Waals surface area contributed by atoms with Crippen LogP contribution in [0.15, 0.2) is 5.38 Å². The zero-order valence-corrected chi connectivity index (χ0v) is 7.20. The number of hydrogen-bond acceptors (Lipinski definition) is 3. The summed E-state index contributed by atoms with van der Waals surface area (Å²) in [5, 5.41) is 2.52. The molecule has 0 aliphatic rings. The first kappa shape index (κ1) is 8.07. The van der Waals surface area contributed by atoms with E-state index in [2.05, 4.69) is 0 Å². The number of amides is 1. The van der Waals surface area contributed by atoms with Gasteiger partial charge in [0.2, 0.25) is 0 Å². The van der Waals surface area contributed by atoms with Crippen molar-refractivity contribution in [3.8, 4) is 5.06 Å². The maximum absolute atomic E-state index is 10.3. The van der Waals surface area contributed by atoms with Gasteiger partial charge in [0, 0.05) is 5.56 Å². The number of carbonyl (C=O) groups excluding carboxylic acids is 1. The highest BCUT2D eigenvalue weighted by molar-refractivity contribution is 7.12. The SMILES string of the molecule is Cc1csc(OC(N)=O)c1C. The van der Waals surface area contributed by atoms with Crippen molar-refractivity contribution in [1.82, 2.24) is 0 Å². The topological polar surface area (TPSA) is 52.3 Å². The van der Waals surface area contributed by atoms with Gasteiger partial charge in [-0.1, -0.05) is 0 Å². The Morgan fingerprint density at radius 3 is 2.64 bits per heavy atom. The third-order valence-corrected chi connectivity index (χ3v) is 2.51. The molecule has 1 amide bonds. The molecule has 3 nitrogen and oxygen atoms in total. The summed E-state index contributed by atoms with van der Waals surface area (Å²) in [5.74, 6) is 0. The summed E-state index contributed by atoms with van der Waals surface area (Å²) in [6, 6.07) is 0. The highest BCUT2D eigenvalue weighted by Gasteiger charge is 2.06. The number of ether oxygens (including phenoxy) is 1. The van der Waals surface area contributed by atoms with Crippen LogP contribution >= 0.6 is 11.3 Å². The van der Waals surface area contributed by atoms with Crippen LogP contribution in [0, 0.1) is 13.8 Å². The number of hydrogen-bond donors (Lipinski definition) is 1. The molecule has 1 rings (SSSR count). The molecule has 60 valence electrons. The molecule has 2 N–H and O–H groups in total. The first-order valence-electron chi connectivity index (χ1n) is 3.13. The lowest BCUT2D eigenvalue weighted by molar-refractivity contribution is 0.212. The van der Waals surface area contributed by atoms with Crippen molar-refractivity contribution in [2.45, 2.75) is 13.8 Å². The molecule has 0 bridgehead atoms. The van der Waals surface area contributed by atoms with E-state index in [9.17, 15) is 4.79 Å². The van der Waals surface area contributed by atoms with E-state index in [1.807, 2.05) is 19.2 Å². The van der Waals surface area contributed by atoms with Gasteiger partial charge in [0.05, 0.1) is 0 Å². The summed E-state index contributed by atoms with van der Waals surface area (Å²) in [6.07, 6.45) is -0.755. The third-order valence-electron chi connectivity index (χ3n) is 1.43. The predicted octanol–water partition coefficient (Wildman–Crippen LogP) is 1.82. The lowest BCUT2D eigenvalue weighted by Crippen LogP contribution is -2.15. The quantitative estimate of drug-likeness (QED) is 0.700. The normalized spacial score (nSPS) is 9.64. The molecule has 0 aromatic carbocycles. The van der Waals surface area contributed by atoms with Gasteiger partial charge in [-0.25, -0.2) is 4.79 Å². The number of primary amides is 1. The van der Waals surface area contributed by atoms with E-state index in [0.717, 1.165) is 11.1 Å². The third kappa shape index (κ3) is 1.71. The zero-order valence-electron chi connectivity index (χ0n) is 6.38. The fourth-order valence-corrected chi connectivity index (χ4v) is 1.60. The highest BCUT2D eigenvalue weighted by atomic mass is 32.1. The van der Waals surface area contributed by atoms with E-state index in [-0.39, 0.29) is 0 Å². The maximum Gasteiger partial charge on any atom is 0.410 e. The van der Waals surface area contributed by atoms with Gasteiger partial charge in [0.1, 0.15) is 0 Å². The molecule has 0 aliphatic carbocycles. The first-order chi connectivity index (χ1) is 5.11. The lowest BCUT2D eigenvalue weighted by atomic mass is 10.2. The minimum absolute atomic E-state index is 0.593. The Bertz CT molecular complexity index is 280. The summed E-state index contributed by atoms with van der Waals surface area (Å²) < 4.78 is 4.72. The molecule has 0 radical (unpaired) electrons. The van der Waals surface area contributed by atoms with Crippen molar-refractivity contribution in [3.63, 3.8) is 0 Å². The molecule has 0 saturated heterocycles. The largest absolute Gasteiger partial charge is 0.410 e. The van der Waals surface area contributed by atoms with Crippen molar-refractivity contribution in [2.24, 2.45) is 5.73 Å². The smallest absolute Gasteiger partial charge is 0.399 e. The highest BCUT2D eigenvalue weighted by Crippen LogP contribution is 2.28. The summed E-state index contributed by atoms with van der Waals surface area (Å²) >= 11 is 1.38. The maximum atomic E-state index is 10.3. The van der Waals surface area contributed by atoms with Crippen LogP contribution in [0.1, 0.15) is 11.1 Å². The van der Waals surface area contributed by atoms with Gasteiger partial charge in [-0.15, -0.1) is 11.3 Å². The van der Waals surface area contributed by atoms with Crippen molar-refractivity contribution in [2.75, 3.05) is 0 Å². The minimum Gasteiger partial charge on any atom is -0.399 e. The van der Waals surface area contributed by atoms with Gasteiger partial charge in [-0.3, -0.25) is 0 Å². The van der Waals surface area contributed by atoms with E-state index < -0.39 is 6.09 Å². The summed E-state index contributed by atoms with van der Waals surface area (Å²) in [6.45, 7) is 3.85. The molecule has 1 aromatic heterocycles. The van der Waals surface area contributed by atoms with E-state index in [4.69, 9.17) is 10.5 Å².